The number of aromatic nitrogens is 2. The van der Waals surface area contributed by atoms with Crippen LogP contribution in [0.3, 0.4) is 0 Å². The average Bonchev–Trinajstić information content (AvgIpc) is 3.24. The number of nitrogens with one attached hydrogen (secondary N) is 1. The topological polar surface area (TPSA) is 71.3 Å². The van der Waals surface area contributed by atoms with Crippen LogP contribution < -0.4 is 5.32 Å². The van der Waals surface area contributed by atoms with Crippen molar-refractivity contribution in [3.8, 4) is 11.4 Å². The highest BCUT2D eigenvalue weighted by molar-refractivity contribution is 6.30. The Morgan fingerprint density at radius 3 is 2.48 bits per heavy atom. The number of hydrogen-bond acceptors (Lipinski definition) is 4. The van der Waals surface area contributed by atoms with Crippen LogP contribution in [0.25, 0.3) is 17.0 Å². The summed E-state index contributed by atoms with van der Waals surface area (Å²) in [5.74, 6) is 0.876. The highest BCUT2D eigenvalue weighted by Crippen LogP contribution is 2.37. The van der Waals surface area contributed by atoms with Gasteiger partial charge in [0.25, 0.3) is 5.89 Å². The minimum atomic E-state index is -0.371. The molecular formula is C24H25ClN4O2. The fourth-order valence-corrected chi connectivity index (χ4v) is 3.83. The van der Waals surface area contributed by atoms with E-state index in [0.717, 1.165) is 40.8 Å². The van der Waals surface area contributed by atoms with Crippen LogP contribution in [0.15, 0.2) is 58.8 Å². The monoisotopic (exact) mass is 436 g/mol. The van der Waals surface area contributed by atoms with Crippen molar-refractivity contribution in [1.29, 1.82) is 0 Å². The molecule has 31 heavy (non-hydrogen) atoms. The lowest BCUT2D eigenvalue weighted by molar-refractivity contribution is 0.204. The summed E-state index contributed by atoms with van der Waals surface area (Å²) in [6.07, 6.45) is 1.90. The van der Waals surface area contributed by atoms with Crippen molar-refractivity contribution in [2.45, 2.75) is 39.7 Å². The zero-order chi connectivity index (χ0) is 22.0. The number of allylic oxidation sites excluding steroid dienone is 1. The smallest absolute Gasteiger partial charge is 0.322 e. The number of halogens is 1. The summed E-state index contributed by atoms with van der Waals surface area (Å²) in [5.41, 5.74) is 4.57. The molecule has 0 bridgehead atoms. The zero-order valence-corrected chi connectivity index (χ0v) is 18.6. The van der Waals surface area contributed by atoms with E-state index in [1.54, 1.807) is 17.0 Å². The third kappa shape index (κ3) is 4.35. The first kappa shape index (κ1) is 21.1. The molecule has 0 aliphatic carbocycles. The van der Waals surface area contributed by atoms with E-state index in [2.05, 4.69) is 22.4 Å². The Morgan fingerprint density at radius 1 is 1.10 bits per heavy atom. The largest absolute Gasteiger partial charge is 0.334 e. The first-order valence-electron chi connectivity index (χ1n) is 10.4. The predicted molar refractivity (Wildman–Crippen MR) is 121 cm³/mol. The molecule has 3 aromatic rings. The molecule has 0 saturated carbocycles. The normalized spacial score (nSPS) is 16.6. The van der Waals surface area contributed by atoms with Gasteiger partial charge in [-0.25, -0.2) is 4.79 Å². The molecule has 1 atom stereocenters. The molecule has 2 aromatic carbocycles. The van der Waals surface area contributed by atoms with Crippen molar-refractivity contribution in [3.05, 3.63) is 76.3 Å². The molecule has 0 spiro atoms. The fourth-order valence-electron chi connectivity index (χ4n) is 3.70. The van der Waals surface area contributed by atoms with Crippen molar-refractivity contribution in [2.75, 3.05) is 6.54 Å². The van der Waals surface area contributed by atoms with E-state index < -0.39 is 0 Å². The third-order valence-corrected chi connectivity index (χ3v) is 5.75. The second-order valence-corrected chi connectivity index (χ2v) is 8.16. The van der Waals surface area contributed by atoms with Gasteiger partial charge in [0.2, 0.25) is 5.82 Å². The Balaban J connectivity index is 1.78. The number of hydrogen-bond donors (Lipinski definition) is 1. The lowest BCUT2D eigenvalue weighted by Gasteiger charge is -2.35. The van der Waals surface area contributed by atoms with Crippen molar-refractivity contribution in [2.24, 2.45) is 0 Å². The Morgan fingerprint density at radius 2 is 1.81 bits per heavy atom. The molecule has 1 aliphatic rings. The van der Waals surface area contributed by atoms with E-state index in [1.807, 2.05) is 50.2 Å². The predicted octanol–water partition coefficient (Wildman–Crippen LogP) is 6.00. The number of nitrogens with zero attached hydrogens (tertiary/aromatic N) is 3. The number of carbonyl (C=O) groups is 1. The molecule has 1 aromatic heterocycles. The lowest BCUT2D eigenvalue weighted by atomic mass is 9.94. The summed E-state index contributed by atoms with van der Waals surface area (Å²) in [7, 11) is 0. The maximum Gasteiger partial charge on any atom is 0.322 e. The van der Waals surface area contributed by atoms with E-state index in [-0.39, 0.29) is 12.1 Å². The van der Waals surface area contributed by atoms with Crippen LogP contribution in [0, 0.1) is 6.92 Å². The van der Waals surface area contributed by atoms with E-state index in [9.17, 15) is 4.79 Å². The van der Waals surface area contributed by atoms with Gasteiger partial charge in [0.1, 0.15) is 0 Å². The first-order valence-corrected chi connectivity index (χ1v) is 10.8. The van der Waals surface area contributed by atoms with Gasteiger partial charge in [-0.3, -0.25) is 4.90 Å². The van der Waals surface area contributed by atoms with Gasteiger partial charge in [-0.05, 0) is 50.1 Å². The van der Waals surface area contributed by atoms with Gasteiger partial charge in [-0.2, -0.15) is 4.98 Å². The molecule has 1 unspecified atom stereocenters. The van der Waals surface area contributed by atoms with Gasteiger partial charge in [0.15, 0.2) is 0 Å². The minimum Gasteiger partial charge on any atom is -0.334 e. The van der Waals surface area contributed by atoms with E-state index in [1.165, 1.54) is 0 Å². The molecule has 7 heteroatoms. The molecule has 2 amide bonds. The van der Waals surface area contributed by atoms with Crippen LogP contribution in [0.1, 0.15) is 49.7 Å². The zero-order valence-electron chi connectivity index (χ0n) is 17.9. The van der Waals surface area contributed by atoms with Gasteiger partial charge in [0.05, 0.1) is 11.6 Å². The molecule has 4 rings (SSSR count). The van der Waals surface area contributed by atoms with Crippen LogP contribution in [-0.2, 0) is 0 Å². The second kappa shape index (κ2) is 8.94. The summed E-state index contributed by atoms with van der Waals surface area (Å²) >= 11 is 6.00. The number of aryl methyl sites for hydroxylation is 1. The number of urea groups is 1. The summed E-state index contributed by atoms with van der Waals surface area (Å²) in [6.45, 7) is 6.72. The Kier molecular flexibility index (Phi) is 6.09. The molecule has 2 heterocycles. The van der Waals surface area contributed by atoms with E-state index in [0.29, 0.717) is 23.3 Å². The summed E-state index contributed by atoms with van der Waals surface area (Å²) < 4.78 is 5.69. The molecule has 6 nitrogen and oxygen atoms in total. The Hall–Kier alpha value is -3.12. The minimum absolute atomic E-state index is 0.113. The quantitative estimate of drug-likeness (QED) is 0.514. The van der Waals surface area contributed by atoms with Gasteiger partial charge >= 0.3 is 6.03 Å². The fraction of sp³-hybridized carbons (Fsp3) is 0.292. The average molecular weight is 437 g/mol. The van der Waals surface area contributed by atoms with Crippen molar-refractivity contribution in [1.82, 2.24) is 20.4 Å². The molecule has 0 fully saturated rings. The maximum atomic E-state index is 12.9. The van der Waals surface area contributed by atoms with E-state index in [4.69, 9.17) is 16.1 Å². The molecule has 0 saturated heterocycles. The molecule has 1 aliphatic heterocycles. The van der Waals surface area contributed by atoms with Crippen molar-refractivity contribution < 1.29 is 9.32 Å². The standard InChI is InChI=1S/C24H25ClN4O2/c1-4-5-14-29-16(3)20(21(26-24(29)30)17-8-6-15(2)7-9-17)23-27-22(28-31-23)18-10-12-19(25)13-11-18/h6-13,21H,4-5,14H2,1-3H3,(H,26,30). The highest BCUT2D eigenvalue weighted by atomic mass is 35.5. The van der Waals surface area contributed by atoms with Crippen molar-refractivity contribution >= 4 is 23.2 Å². The Bertz CT molecular complexity index is 1100. The lowest BCUT2D eigenvalue weighted by Crippen LogP contribution is -2.46. The SMILES string of the molecule is CCCCN1C(=O)NC(c2ccc(C)cc2)C(c2nc(-c3ccc(Cl)cc3)no2)=C1C. The van der Waals surface area contributed by atoms with Crippen LogP contribution in [0.5, 0.6) is 0 Å². The van der Waals surface area contributed by atoms with Crippen molar-refractivity contribution in [3.63, 3.8) is 0 Å². The summed E-state index contributed by atoms with van der Waals surface area (Å²) in [4.78, 5) is 19.3. The number of unbranched alkanes of at least 4 members (excludes halogenated alkanes) is 1. The summed E-state index contributed by atoms with van der Waals surface area (Å²) in [5, 5.41) is 7.96. The number of carbonyl (C=O) groups excluding carboxylic acids is 1. The second-order valence-electron chi connectivity index (χ2n) is 7.73. The van der Waals surface area contributed by atoms with Gasteiger partial charge < -0.3 is 9.84 Å². The molecular weight excluding hydrogens is 412 g/mol. The summed E-state index contributed by atoms with van der Waals surface area (Å²) in [6, 6.07) is 14.9. The third-order valence-electron chi connectivity index (χ3n) is 5.50. The van der Waals surface area contributed by atoms with Crippen LogP contribution in [0.4, 0.5) is 4.79 Å². The van der Waals surface area contributed by atoms with Gasteiger partial charge in [-0.1, -0.05) is 59.9 Å². The molecule has 160 valence electrons. The van der Waals surface area contributed by atoms with Crippen LogP contribution >= 0.6 is 11.6 Å². The molecule has 0 radical (unpaired) electrons. The van der Waals surface area contributed by atoms with Gasteiger partial charge in [-0.15, -0.1) is 0 Å². The van der Waals surface area contributed by atoms with Crippen LogP contribution in [-0.4, -0.2) is 27.6 Å². The Labute approximate surface area is 186 Å². The first-order chi connectivity index (χ1) is 15.0. The molecule has 1 N–H and O–H groups in total. The highest BCUT2D eigenvalue weighted by Gasteiger charge is 2.35. The van der Waals surface area contributed by atoms with Crippen LogP contribution in [0.2, 0.25) is 5.02 Å². The van der Waals surface area contributed by atoms with Gasteiger partial charge in [0, 0.05) is 22.8 Å². The number of rotatable bonds is 6. The number of amides is 2. The maximum absolute atomic E-state index is 12.9. The number of benzene rings is 2. The van der Waals surface area contributed by atoms with E-state index >= 15 is 0 Å².